The SMILES string of the molecule is CCOC(=O)/C=C(/c1ccccc1)[C@@H]1C[C@@]1(Br)C=O. The molecule has 1 aromatic carbocycles. The van der Waals surface area contributed by atoms with E-state index in [4.69, 9.17) is 4.74 Å². The fourth-order valence-corrected chi connectivity index (χ4v) is 2.65. The summed E-state index contributed by atoms with van der Waals surface area (Å²) >= 11 is 3.42. The molecule has 1 aliphatic carbocycles. The Labute approximate surface area is 120 Å². The van der Waals surface area contributed by atoms with Gasteiger partial charge in [-0.3, -0.25) is 0 Å². The highest BCUT2D eigenvalue weighted by Crippen LogP contribution is 2.56. The molecule has 0 heterocycles. The summed E-state index contributed by atoms with van der Waals surface area (Å²) in [5, 5.41) is 0. The zero-order valence-corrected chi connectivity index (χ0v) is 12.2. The van der Waals surface area contributed by atoms with Crippen LogP contribution < -0.4 is 0 Å². The van der Waals surface area contributed by atoms with Crippen LogP contribution >= 0.6 is 15.9 Å². The smallest absolute Gasteiger partial charge is 0.331 e. The lowest BCUT2D eigenvalue weighted by atomic mass is 10.00. The molecule has 0 aromatic heterocycles. The van der Waals surface area contributed by atoms with Gasteiger partial charge in [0.25, 0.3) is 0 Å². The third-order valence-electron chi connectivity index (χ3n) is 3.17. The highest BCUT2D eigenvalue weighted by Gasteiger charge is 2.54. The monoisotopic (exact) mass is 322 g/mol. The molecule has 0 bridgehead atoms. The van der Waals surface area contributed by atoms with Gasteiger partial charge >= 0.3 is 5.97 Å². The van der Waals surface area contributed by atoms with Gasteiger partial charge in [0.05, 0.1) is 10.9 Å². The van der Waals surface area contributed by atoms with E-state index in [2.05, 4.69) is 15.9 Å². The lowest BCUT2D eigenvalue weighted by Gasteiger charge is -2.08. The van der Waals surface area contributed by atoms with Crippen LogP contribution in [0, 0.1) is 5.92 Å². The van der Waals surface area contributed by atoms with E-state index in [9.17, 15) is 9.59 Å². The van der Waals surface area contributed by atoms with Crippen LogP contribution in [0.1, 0.15) is 18.9 Å². The molecule has 0 radical (unpaired) electrons. The number of benzene rings is 1. The number of alkyl halides is 1. The van der Waals surface area contributed by atoms with E-state index in [0.29, 0.717) is 13.0 Å². The number of aldehydes is 1. The van der Waals surface area contributed by atoms with Gasteiger partial charge < -0.3 is 9.53 Å². The van der Waals surface area contributed by atoms with E-state index in [0.717, 1.165) is 17.4 Å². The van der Waals surface area contributed by atoms with Crippen molar-refractivity contribution in [2.75, 3.05) is 6.61 Å². The van der Waals surface area contributed by atoms with Crippen LogP contribution in [0.4, 0.5) is 0 Å². The molecule has 100 valence electrons. The Morgan fingerprint density at radius 3 is 2.68 bits per heavy atom. The van der Waals surface area contributed by atoms with Crippen LogP contribution in [-0.2, 0) is 14.3 Å². The molecule has 1 aliphatic rings. The molecule has 3 nitrogen and oxygen atoms in total. The number of hydrogen-bond acceptors (Lipinski definition) is 3. The predicted molar refractivity (Wildman–Crippen MR) is 76.9 cm³/mol. The summed E-state index contributed by atoms with van der Waals surface area (Å²) in [4.78, 5) is 22.7. The average molecular weight is 323 g/mol. The van der Waals surface area contributed by atoms with Crippen molar-refractivity contribution in [3.05, 3.63) is 42.0 Å². The molecule has 0 spiro atoms. The Morgan fingerprint density at radius 1 is 1.47 bits per heavy atom. The minimum absolute atomic E-state index is 0.0248. The Balaban J connectivity index is 2.30. The first kappa shape index (κ1) is 14.0. The number of carbonyl (C=O) groups is 2. The second-order valence-corrected chi connectivity index (χ2v) is 6.00. The standard InChI is InChI=1S/C15H15BrO3/c1-2-19-14(18)8-12(11-6-4-3-5-7-11)13-9-15(13,16)10-17/h3-8,10,13H,2,9H2,1H3/b12-8-/t13-,15+/m0/s1. The topological polar surface area (TPSA) is 43.4 Å². The number of ether oxygens (including phenoxy) is 1. The van der Waals surface area contributed by atoms with Gasteiger partial charge in [-0.25, -0.2) is 4.79 Å². The van der Waals surface area contributed by atoms with Crippen molar-refractivity contribution < 1.29 is 14.3 Å². The highest BCUT2D eigenvalue weighted by molar-refractivity contribution is 9.10. The molecule has 0 aliphatic heterocycles. The fourth-order valence-electron chi connectivity index (χ4n) is 2.08. The van der Waals surface area contributed by atoms with E-state index in [1.807, 2.05) is 30.3 Å². The van der Waals surface area contributed by atoms with Gasteiger partial charge in [0.15, 0.2) is 0 Å². The van der Waals surface area contributed by atoms with Gasteiger partial charge in [0.1, 0.15) is 6.29 Å². The number of halogens is 1. The minimum Gasteiger partial charge on any atom is -0.463 e. The molecular weight excluding hydrogens is 308 g/mol. The van der Waals surface area contributed by atoms with Gasteiger partial charge in [-0.2, -0.15) is 0 Å². The second kappa shape index (κ2) is 5.70. The lowest BCUT2D eigenvalue weighted by Crippen LogP contribution is -2.07. The van der Waals surface area contributed by atoms with Crippen LogP contribution in [0.25, 0.3) is 5.57 Å². The van der Waals surface area contributed by atoms with Crippen molar-refractivity contribution >= 4 is 33.8 Å². The van der Waals surface area contributed by atoms with Crippen molar-refractivity contribution in [3.8, 4) is 0 Å². The summed E-state index contributed by atoms with van der Waals surface area (Å²) in [6, 6.07) is 9.60. The summed E-state index contributed by atoms with van der Waals surface area (Å²) in [7, 11) is 0. The zero-order chi connectivity index (χ0) is 13.9. The van der Waals surface area contributed by atoms with E-state index < -0.39 is 4.32 Å². The van der Waals surface area contributed by atoms with E-state index in [1.165, 1.54) is 6.08 Å². The first-order valence-corrected chi connectivity index (χ1v) is 6.99. The third-order valence-corrected chi connectivity index (χ3v) is 4.24. The Kier molecular flexibility index (Phi) is 4.20. The van der Waals surface area contributed by atoms with E-state index in [1.54, 1.807) is 6.92 Å². The Bertz CT molecular complexity index is 509. The fraction of sp³-hybridized carbons (Fsp3) is 0.333. The summed E-state index contributed by atoms with van der Waals surface area (Å²) in [5.41, 5.74) is 1.80. The van der Waals surface area contributed by atoms with Crippen molar-refractivity contribution in [1.82, 2.24) is 0 Å². The molecule has 0 amide bonds. The predicted octanol–water partition coefficient (Wildman–Crippen LogP) is 2.99. The van der Waals surface area contributed by atoms with Crippen LogP contribution in [0.15, 0.2) is 36.4 Å². The maximum atomic E-state index is 11.7. The van der Waals surface area contributed by atoms with Gasteiger partial charge in [0.2, 0.25) is 0 Å². The molecule has 19 heavy (non-hydrogen) atoms. The third kappa shape index (κ3) is 3.13. The van der Waals surface area contributed by atoms with Gasteiger partial charge in [0, 0.05) is 12.0 Å². The summed E-state index contributed by atoms with van der Waals surface area (Å²) in [6.45, 7) is 2.11. The molecule has 0 N–H and O–H groups in total. The Hall–Kier alpha value is -1.42. The molecule has 1 fully saturated rings. The molecule has 2 atom stereocenters. The van der Waals surface area contributed by atoms with E-state index >= 15 is 0 Å². The molecule has 2 rings (SSSR count). The summed E-state index contributed by atoms with van der Waals surface area (Å²) in [5.74, 6) is -0.342. The molecular formula is C15H15BrO3. The normalized spacial score (nSPS) is 25.8. The number of rotatable bonds is 5. The second-order valence-electron chi connectivity index (χ2n) is 4.52. The first-order valence-electron chi connectivity index (χ1n) is 6.19. The molecule has 0 unspecified atom stereocenters. The maximum absolute atomic E-state index is 11.7. The largest absolute Gasteiger partial charge is 0.463 e. The van der Waals surface area contributed by atoms with Crippen LogP contribution in [0.3, 0.4) is 0 Å². The molecule has 4 heteroatoms. The van der Waals surface area contributed by atoms with Crippen LogP contribution in [0.2, 0.25) is 0 Å². The summed E-state index contributed by atoms with van der Waals surface area (Å²) in [6.07, 6.45) is 3.10. The van der Waals surface area contributed by atoms with Crippen molar-refractivity contribution in [2.45, 2.75) is 17.7 Å². The van der Waals surface area contributed by atoms with Crippen LogP contribution in [0.5, 0.6) is 0 Å². The first-order chi connectivity index (χ1) is 9.10. The van der Waals surface area contributed by atoms with Gasteiger partial charge in [-0.1, -0.05) is 46.3 Å². The molecule has 1 saturated carbocycles. The molecule has 1 aromatic rings. The number of carbonyl (C=O) groups excluding carboxylic acids is 2. The molecule has 0 saturated heterocycles. The van der Waals surface area contributed by atoms with E-state index in [-0.39, 0.29) is 11.9 Å². The van der Waals surface area contributed by atoms with Crippen molar-refractivity contribution in [2.24, 2.45) is 5.92 Å². The lowest BCUT2D eigenvalue weighted by molar-refractivity contribution is -0.137. The Morgan fingerprint density at radius 2 is 2.16 bits per heavy atom. The summed E-state index contributed by atoms with van der Waals surface area (Å²) < 4.78 is 4.43. The number of allylic oxidation sites excluding steroid dienone is 1. The zero-order valence-electron chi connectivity index (χ0n) is 10.6. The average Bonchev–Trinajstić information content (AvgIpc) is 3.10. The minimum atomic E-state index is -0.527. The van der Waals surface area contributed by atoms with Crippen molar-refractivity contribution in [3.63, 3.8) is 0 Å². The van der Waals surface area contributed by atoms with Gasteiger partial charge in [-0.05, 0) is 24.5 Å². The highest BCUT2D eigenvalue weighted by atomic mass is 79.9. The quantitative estimate of drug-likeness (QED) is 0.362. The number of esters is 1. The maximum Gasteiger partial charge on any atom is 0.331 e. The number of hydrogen-bond donors (Lipinski definition) is 0. The van der Waals surface area contributed by atoms with Crippen LogP contribution in [-0.4, -0.2) is 23.2 Å². The van der Waals surface area contributed by atoms with Crippen molar-refractivity contribution in [1.29, 1.82) is 0 Å². The van der Waals surface area contributed by atoms with Gasteiger partial charge in [-0.15, -0.1) is 0 Å².